The van der Waals surface area contributed by atoms with Crippen LogP contribution in [-0.2, 0) is 18.0 Å². The molecule has 0 unspecified atom stereocenters. The summed E-state index contributed by atoms with van der Waals surface area (Å²) in [6, 6.07) is 7.75. The summed E-state index contributed by atoms with van der Waals surface area (Å²) < 4.78 is 36.8. The molecule has 1 aliphatic carbocycles. The average molecular weight is 399 g/mol. The maximum Gasteiger partial charge on any atom is 0.501 e. The molecule has 1 aromatic carbocycles. The second-order valence-electron chi connectivity index (χ2n) is 6.98. The van der Waals surface area contributed by atoms with Gasteiger partial charge in [-0.15, -0.1) is 0 Å². The van der Waals surface area contributed by atoms with Crippen molar-refractivity contribution in [1.82, 2.24) is 0 Å². The van der Waals surface area contributed by atoms with Crippen LogP contribution in [0.5, 0.6) is 0 Å². The van der Waals surface area contributed by atoms with Crippen LogP contribution in [-0.4, -0.2) is 41.3 Å². The van der Waals surface area contributed by atoms with Crippen LogP contribution in [0.3, 0.4) is 0 Å². The monoisotopic (exact) mass is 398 g/mol. The molecule has 1 fully saturated rings. The molecule has 0 bridgehead atoms. The van der Waals surface area contributed by atoms with Crippen molar-refractivity contribution in [2.24, 2.45) is 0 Å². The van der Waals surface area contributed by atoms with Crippen molar-refractivity contribution in [1.29, 1.82) is 0 Å². The Kier molecular flexibility index (Phi) is 9.93. The van der Waals surface area contributed by atoms with E-state index in [4.69, 9.17) is 18.0 Å². The minimum atomic E-state index is -2.55. The summed E-state index contributed by atoms with van der Waals surface area (Å²) in [7, 11) is -2.55. The van der Waals surface area contributed by atoms with Gasteiger partial charge in [0.1, 0.15) is 5.82 Å². The lowest BCUT2D eigenvalue weighted by Crippen LogP contribution is -2.46. The minimum Gasteiger partial charge on any atom is -0.378 e. The van der Waals surface area contributed by atoms with Crippen molar-refractivity contribution in [2.75, 3.05) is 26.4 Å². The fourth-order valence-corrected chi connectivity index (χ4v) is 6.42. The highest BCUT2D eigenvalue weighted by Crippen LogP contribution is 2.34. The number of halogens is 1. The van der Waals surface area contributed by atoms with E-state index in [1.807, 2.05) is 32.9 Å². The minimum absolute atomic E-state index is 0.165. The van der Waals surface area contributed by atoms with E-state index >= 15 is 0 Å². The Morgan fingerprint density at radius 1 is 0.889 bits per heavy atom. The van der Waals surface area contributed by atoms with Crippen LogP contribution in [0.1, 0.15) is 64.4 Å². The van der Waals surface area contributed by atoms with Gasteiger partial charge >= 0.3 is 8.80 Å². The zero-order valence-corrected chi connectivity index (χ0v) is 18.0. The van der Waals surface area contributed by atoms with Gasteiger partial charge in [0.2, 0.25) is 0 Å². The zero-order valence-electron chi connectivity index (χ0n) is 17.0. The Labute approximate surface area is 164 Å². The second-order valence-corrected chi connectivity index (χ2v) is 9.71. The average Bonchev–Trinajstić information content (AvgIpc) is 2.67. The fraction of sp³-hybridized carbons (Fsp3) is 0.714. The lowest BCUT2D eigenvalue weighted by molar-refractivity contribution is 0.0202. The topological polar surface area (TPSA) is 36.9 Å². The van der Waals surface area contributed by atoms with Gasteiger partial charge in [-0.3, -0.25) is 0 Å². The Bertz CT molecular complexity index is 500. The van der Waals surface area contributed by atoms with Crippen molar-refractivity contribution in [3.63, 3.8) is 0 Å². The summed E-state index contributed by atoms with van der Waals surface area (Å²) in [5, 5.41) is 0. The van der Waals surface area contributed by atoms with Crippen molar-refractivity contribution in [3.8, 4) is 0 Å². The first-order valence-electron chi connectivity index (χ1n) is 10.4. The second kappa shape index (κ2) is 11.9. The Balaban J connectivity index is 1.70. The van der Waals surface area contributed by atoms with Gasteiger partial charge in [-0.2, -0.15) is 0 Å². The lowest BCUT2D eigenvalue weighted by Gasteiger charge is -2.30. The Hall–Kier alpha value is -0.793. The molecule has 1 aromatic rings. The van der Waals surface area contributed by atoms with Crippen LogP contribution < -0.4 is 0 Å². The molecule has 0 radical (unpaired) electrons. The van der Waals surface area contributed by atoms with E-state index in [1.165, 1.54) is 5.56 Å². The molecular formula is C21H35FO4Si. The summed E-state index contributed by atoms with van der Waals surface area (Å²) >= 11 is 0. The molecule has 0 N–H and O–H groups in total. The third-order valence-electron chi connectivity index (χ3n) is 5.09. The van der Waals surface area contributed by atoms with Crippen LogP contribution in [0.2, 0.25) is 6.04 Å². The number of ether oxygens (including phenoxy) is 1. The third-order valence-corrected chi connectivity index (χ3v) is 8.24. The summed E-state index contributed by atoms with van der Waals surface area (Å²) in [6.45, 7) is 8.50. The van der Waals surface area contributed by atoms with Gasteiger partial charge in [0.05, 0.1) is 6.10 Å². The van der Waals surface area contributed by atoms with E-state index in [0.29, 0.717) is 38.4 Å². The van der Waals surface area contributed by atoms with Crippen molar-refractivity contribution in [3.05, 3.63) is 35.6 Å². The normalized spacial score (nSPS) is 20.7. The highest BCUT2D eigenvalue weighted by molar-refractivity contribution is 6.60. The lowest BCUT2D eigenvalue weighted by atomic mass is 9.83. The van der Waals surface area contributed by atoms with Crippen molar-refractivity contribution in [2.45, 2.75) is 70.9 Å². The van der Waals surface area contributed by atoms with E-state index in [0.717, 1.165) is 38.1 Å². The number of rotatable bonds is 12. The number of benzene rings is 1. The van der Waals surface area contributed by atoms with Crippen LogP contribution >= 0.6 is 0 Å². The highest BCUT2D eigenvalue weighted by Gasteiger charge is 2.39. The molecule has 154 valence electrons. The molecule has 1 saturated carbocycles. The largest absolute Gasteiger partial charge is 0.501 e. The molecule has 0 atom stereocenters. The van der Waals surface area contributed by atoms with Gasteiger partial charge in [0.15, 0.2) is 0 Å². The smallest absolute Gasteiger partial charge is 0.378 e. The summed E-state index contributed by atoms with van der Waals surface area (Å²) in [4.78, 5) is 0. The predicted molar refractivity (Wildman–Crippen MR) is 107 cm³/mol. The van der Waals surface area contributed by atoms with Crippen LogP contribution in [0.15, 0.2) is 24.3 Å². The molecule has 27 heavy (non-hydrogen) atoms. The van der Waals surface area contributed by atoms with Crippen LogP contribution in [0, 0.1) is 5.82 Å². The van der Waals surface area contributed by atoms with Crippen LogP contribution in [0.25, 0.3) is 0 Å². The molecule has 6 heteroatoms. The first-order valence-corrected chi connectivity index (χ1v) is 12.3. The molecule has 0 amide bonds. The van der Waals surface area contributed by atoms with E-state index < -0.39 is 8.80 Å². The number of hydrogen-bond acceptors (Lipinski definition) is 4. The molecule has 0 saturated heterocycles. The van der Waals surface area contributed by atoms with Gasteiger partial charge < -0.3 is 18.0 Å². The standard InChI is InChI=1S/C21H35FO4Si/c1-4-24-27(25-5-2,26-6-3)17-7-16-23-21-14-10-19(11-15-21)18-8-12-20(22)13-9-18/h8-9,12-13,19,21H,4-7,10-11,14-17H2,1-3H3. The number of hydrogen-bond donors (Lipinski definition) is 0. The molecule has 2 rings (SSSR count). The first-order chi connectivity index (χ1) is 13.1. The van der Waals surface area contributed by atoms with Crippen molar-refractivity contribution >= 4 is 8.80 Å². The maximum absolute atomic E-state index is 13.1. The van der Waals surface area contributed by atoms with Crippen LogP contribution in [0.4, 0.5) is 4.39 Å². The van der Waals surface area contributed by atoms with E-state index in [2.05, 4.69) is 0 Å². The molecule has 1 aliphatic rings. The Morgan fingerprint density at radius 2 is 1.44 bits per heavy atom. The van der Waals surface area contributed by atoms with Gasteiger partial charge in [-0.25, -0.2) is 4.39 Å². The van der Waals surface area contributed by atoms with Gasteiger partial charge in [0.25, 0.3) is 0 Å². The molecule has 4 nitrogen and oxygen atoms in total. The molecule has 0 aliphatic heterocycles. The summed E-state index contributed by atoms with van der Waals surface area (Å²) in [6.07, 6.45) is 5.55. The molecular weight excluding hydrogens is 363 g/mol. The first kappa shape index (κ1) is 22.5. The van der Waals surface area contributed by atoms with Gasteiger partial charge in [-0.05, 0) is 76.5 Å². The van der Waals surface area contributed by atoms with Gasteiger partial charge in [0, 0.05) is 32.5 Å². The Morgan fingerprint density at radius 3 is 1.96 bits per heavy atom. The predicted octanol–water partition coefficient (Wildman–Crippen LogP) is 5.31. The fourth-order valence-electron chi connectivity index (χ4n) is 3.84. The van der Waals surface area contributed by atoms with E-state index in [1.54, 1.807) is 12.1 Å². The SMILES string of the molecule is CCO[Si](CCCOC1CCC(c2ccc(F)cc2)CC1)(OCC)OCC. The summed E-state index contributed by atoms with van der Waals surface area (Å²) in [5.74, 6) is 0.362. The summed E-state index contributed by atoms with van der Waals surface area (Å²) in [5.41, 5.74) is 1.25. The highest BCUT2D eigenvalue weighted by atomic mass is 28.4. The van der Waals surface area contributed by atoms with Gasteiger partial charge in [-0.1, -0.05) is 12.1 Å². The molecule has 0 aromatic heterocycles. The van der Waals surface area contributed by atoms with E-state index in [-0.39, 0.29) is 5.82 Å². The van der Waals surface area contributed by atoms with E-state index in [9.17, 15) is 4.39 Å². The van der Waals surface area contributed by atoms with Crippen molar-refractivity contribution < 1.29 is 22.4 Å². The zero-order chi connectivity index (χ0) is 19.5. The maximum atomic E-state index is 13.1. The molecule has 0 heterocycles. The quantitative estimate of drug-likeness (QED) is 0.353. The molecule has 0 spiro atoms. The third kappa shape index (κ3) is 7.27.